The maximum Gasteiger partial charge on any atom is 0.270 e. The number of carbonyl (C=O) groups is 1. The molecule has 6 nitrogen and oxygen atoms in total. The van der Waals surface area contributed by atoms with Crippen LogP contribution in [-0.2, 0) is 0 Å². The van der Waals surface area contributed by atoms with Crippen molar-refractivity contribution in [1.82, 2.24) is 4.98 Å². The van der Waals surface area contributed by atoms with Crippen LogP contribution in [0.3, 0.4) is 0 Å². The van der Waals surface area contributed by atoms with Gasteiger partial charge in [-0.2, -0.15) is 0 Å². The van der Waals surface area contributed by atoms with Crippen LogP contribution in [-0.4, -0.2) is 22.1 Å². The number of amides is 1. The van der Waals surface area contributed by atoms with Gasteiger partial charge in [0.1, 0.15) is 0 Å². The van der Waals surface area contributed by atoms with Gasteiger partial charge in [-0.1, -0.05) is 17.4 Å². The summed E-state index contributed by atoms with van der Waals surface area (Å²) in [4.78, 5) is 27.9. The molecule has 0 atom stereocenters. The normalized spacial score (nSPS) is 10.7. The number of carbonyl (C=O) groups excluding carboxylic acids is 1. The minimum absolute atomic E-state index is 0.119. The van der Waals surface area contributed by atoms with Crippen molar-refractivity contribution in [2.45, 2.75) is 4.90 Å². The summed E-state index contributed by atoms with van der Waals surface area (Å²) in [5.41, 5.74) is 0.914. The summed E-state index contributed by atoms with van der Waals surface area (Å²) in [6, 6.07) is 11.5. The van der Waals surface area contributed by atoms with Crippen molar-refractivity contribution in [2.24, 2.45) is 0 Å². The topological polar surface area (TPSA) is 85.1 Å². The summed E-state index contributed by atoms with van der Waals surface area (Å²) in [5, 5.41) is 13.9. The average molecular weight is 345 g/mol. The van der Waals surface area contributed by atoms with Crippen LogP contribution in [0.15, 0.2) is 47.4 Å². The molecule has 0 unspecified atom stereocenters. The highest BCUT2D eigenvalue weighted by atomic mass is 32.2. The standard InChI is InChI=1S/C15H11N3O3S2/c1-22-11-5-6-12-13(8-11)23-15(16-12)17-14(19)9-3-2-4-10(7-9)18(20)21/h2-8H,1H3,(H,16,17,19). The first kappa shape index (κ1) is 15.4. The Morgan fingerprint density at radius 3 is 2.87 bits per heavy atom. The molecule has 0 saturated carbocycles. The van der Waals surface area contributed by atoms with Gasteiger partial charge in [-0.15, -0.1) is 11.8 Å². The molecule has 0 aliphatic heterocycles. The maximum atomic E-state index is 12.2. The number of nitro benzene ring substituents is 1. The van der Waals surface area contributed by atoms with Crippen LogP contribution in [0.2, 0.25) is 0 Å². The highest BCUT2D eigenvalue weighted by molar-refractivity contribution is 7.98. The van der Waals surface area contributed by atoms with Gasteiger partial charge in [0.2, 0.25) is 0 Å². The second-order valence-electron chi connectivity index (χ2n) is 4.61. The Bertz CT molecular complexity index is 908. The van der Waals surface area contributed by atoms with Gasteiger partial charge in [0, 0.05) is 22.6 Å². The molecule has 3 aromatic rings. The molecule has 0 aliphatic carbocycles. The monoisotopic (exact) mass is 345 g/mol. The highest BCUT2D eigenvalue weighted by Gasteiger charge is 2.13. The van der Waals surface area contributed by atoms with Crippen molar-refractivity contribution in [3.8, 4) is 0 Å². The van der Waals surface area contributed by atoms with Crippen LogP contribution in [0.4, 0.5) is 10.8 Å². The number of nitrogens with zero attached hydrogens (tertiary/aromatic N) is 2. The minimum Gasteiger partial charge on any atom is -0.298 e. The Balaban J connectivity index is 1.85. The lowest BCUT2D eigenvalue weighted by atomic mass is 10.2. The Kier molecular flexibility index (Phi) is 4.26. The van der Waals surface area contributed by atoms with E-state index in [1.165, 1.54) is 35.6 Å². The van der Waals surface area contributed by atoms with Crippen LogP contribution in [0.25, 0.3) is 10.2 Å². The molecule has 0 bridgehead atoms. The number of thioether (sulfide) groups is 1. The first-order valence-electron chi connectivity index (χ1n) is 6.57. The molecule has 0 saturated heterocycles. The summed E-state index contributed by atoms with van der Waals surface area (Å²) in [7, 11) is 0. The molecule has 0 aliphatic rings. The summed E-state index contributed by atoms with van der Waals surface area (Å²) in [5.74, 6) is -0.419. The second kappa shape index (κ2) is 6.35. The Hall–Kier alpha value is -2.45. The summed E-state index contributed by atoms with van der Waals surface area (Å²) in [6.07, 6.45) is 1.99. The zero-order chi connectivity index (χ0) is 16.4. The van der Waals surface area contributed by atoms with E-state index in [1.807, 2.05) is 24.5 Å². The number of nitro groups is 1. The molecule has 1 heterocycles. The number of anilines is 1. The van der Waals surface area contributed by atoms with Crippen LogP contribution in [0.5, 0.6) is 0 Å². The number of thiazole rings is 1. The van der Waals surface area contributed by atoms with Crippen LogP contribution in [0.1, 0.15) is 10.4 Å². The van der Waals surface area contributed by atoms with E-state index in [4.69, 9.17) is 0 Å². The van der Waals surface area contributed by atoms with Gasteiger partial charge in [-0.25, -0.2) is 4.98 Å². The van der Waals surface area contributed by atoms with Crippen molar-refractivity contribution in [1.29, 1.82) is 0 Å². The third-order valence-electron chi connectivity index (χ3n) is 3.14. The smallest absolute Gasteiger partial charge is 0.270 e. The average Bonchev–Trinajstić information content (AvgIpc) is 2.95. The van der Waals surface area contributed by atoms with Crippen LogP contribution >= 0.6 is 23.1 Å². The highest BCUT2D eigenvalue weighted by Crippen LogP contribution is 2.29. The third kappa shape index (κ3) is 3.33. The summed E-state index contributed by atoms with van der Waals surface area (Å²) in [6.45, 7) is 0. The lowest BCUT2D eigenvalue weighted by Gasteiger charge is -2.01. The van der Waals surface area contributed by atoms with Crippen molar-refractivity contribution in [2.75, 3.05) is 11.6 Å². The van der Waals surface area contributed by atoms with Gasteiger partial charge in [0.05, 0.1) is 15.1 Å². The molecule has 116 valence electrons. The lowest BCUT2D eigenvalue weighted by molar-refractivity contribution is -0.384. The molecule has 23 heavy (non-hydrogen) atoms. The zero-order valence-electron chi connectivity index (χ0n) is 12.0. The van der Waals surface area contributed by atoms with E-state index < -0.39 is 10.8 Å². The number of hydrogen-bond acceptors (Lipinski definition) is 6. The fraction of sp³-hybridized carbons (Fsp3) is 0.0667. The number of fused-ring (bicyclic) bond motifs is 1. The van der Waals surface area contributed by atoms with Crippen LogP contribution in [0, 0.1) is 10.1 Å². The molecule has 0 fully saturated rings. The number of rotatable bonds is 4. The first-order chi connectivity index (χ1) is 11.1. The molecule has 1 amide bonds. The Labute approximate surface area is 139 Å². The van der Waals surface area contributed by atoms with Crippen molar-refractivity contribution >= 4 is 50.0 Å². The number of nitrogens with one attached hydrogen (secondary N) is 1. The fourth-order valence-electron chi connectivity index (χ4n) is 2.02. The molecule has 0 radical (unpaired) electrons. The number of aromatic nitrogens is 1. The molecule has 0 spiro atoms. The number of hydrogen-bond donors (Lipinski definition) is 1. The second-order valence-corrected chi connectivity index (χ2v) is 6.52. The molecule has 8 heteroatoms. The van der Waals surface area contributed by atoms with Gasteiger partial charge in [-0.3, -0.25) is 20.2 Å². The van der Waals surface area contributed by atoms with E-state index in [1.54, 1.807) is 11.8 Å². The van der Waals surface area contributed by atoms with Gasteiger partial charge < -0.3 is 0 Å². The molecular formula is C15H11N3O3S2. The largest absolute Gasteiger partial charge is 0.298 e. The molecule has 3 rings (SSSR count). The van der Waals surface area contributed by atoms with Crippen molar-refractivity contribution < 1.29 is 9.72 Å². The van der Waals surface area contributed by atoms with Gasteiger partial charge in [0.15, 0.2) is 5.13 Å². The van der Waals surface area contributed by atoms with Crippen LogP contribution < -0.4 is 5.32 Å². The SMILES string of the molecule is CSc1ccc2nc(NC(=O)c3cccc([N+](=O)[O-])c3)sc2c1. The fourth-order valence-corrected chi connectivity index (χ4v) is 3.43. The third-order valence-corrected chi connectivity index (χ3v) is 4.79. The zero-order valence-corrected chi connectivity index (χ0v) is 13.6. The first-order valence-corrected chi connectivity index (χ1v) is 8.61. The molecule has 2 aromatic carbocycles. The lowest BCUT2D eigenvalue weighted by Crippen LogP contribution is -2.11. The van der Waals surface area contributed by atoms with E-state index >= 15 is 0 Å². The predicted molar refractivity (Wildman–Crippen MR) is 92.5 cm³/mol. The molecule has 1 aromatic heterocycles. The predicted octanol–water partition coefficient (Wildman–Crippen LogP) is 4.18. The molecule has 1 N–H and O–H groups in total. The summed E-state index contributed by atoms with van der Waals surface area (Å²) < 4.78 is 0.978. The van der Waals surface area contributed by atoms with Gasteiger partial charge >= 0.3 is 0 Å². The van der Waals surface area contributed by atoms with E-state index in [9.17, 15) is 14.9 Å². The summed E-state index contributed by atoms with van der Waals surface area (Å²) >= 11 is 3.01. The number of non-ortho nitro benzene ring substituents is 1. The van der Waals surface area contributed by atoms with Crippen molar-refractivity contribution in [3.05, 3.63) is 58.1 Å². The number of benzene rings is 2. The minimum atomic E-state index is -0.529. The quantitative estimate of drug-likeness (QED) is 0.435. The van der Waals surface area contributed by atoms with E-state index in [0.29, 0.717) is 5.13 Å². The van der Waals surface area contributed by atoms with E-state index in [2.05, 4.69) is 10.3 Å². The van der Waals surface area contributed by atoms with E-state index in [0.717, 1.165) is 15.1 Å². The van der Waals surface area contributed by atoms with Crippen molar-refractivity contribution in [3.63, 3.8) is 0 Å². The van der Waals surface area contributed by atoms with Gasteiger partial charge in [0.25, 0.3) is 11.6 Å². The van der Waals surface area contributed by atoms with Gasteiger partial charge in [-0.05, 0) is 30.5 Å². The molecular weight excluding hydrogens is 334 g/mol. The maximum absolute atomic E-state index is 12.2. The Morgan fingerprint density at radius 1 is 1.30 bits per heavy atom. The van der Waals surface area contributed by atoms with E-state index in [-0.39, 0.29) is 11.3 Å². The Morgan fingerprint density at radius 2 is 2.13 bits per heavy atom.